The van der Waals surface area contributed by atoms with E-state index in [1.54, 1.807) is 38.5 Å². The molecule has 0 aliphatic carbocycles. The summed E-state index contributed by atoms with van der Waals surface area (Å²) in [5.74, 6) is 0.314. The number of carbonyl (C=O) groups is 1. The molecule has 0 bridgehead atoms. The van der Waals surface area contributed by atoms with Gasteiger partial charge in [-0.25, -0.2) is 4.98 Å². The van der Waals surface area contributed by atoms with E-state index in [2.05, 4.69) is 15.5 Å². The third-order valence-electron chi connectivity index (χ3n) is 4.49. The minimum Gasteiger partial charge on any atom is -0.463 e. The molecule has 4 aromatic rings. The van der Waals surface area contributed by atoms with Gasteiger partial charge in [0, 0.05) is 13.7 Å². The third kappa shape index (κ3) is 3.39. The Bertz CT molecular complexity index is 1120. The minimum atomic E-state index is -0.237. The fourth-order valence-electron chi connectivity index (χ4n) is 3.12. The summed E-state index contributed by atoms with van der Waals surface area (Å²) < 4.78 is 15.9. The number of carbonyl (C=O) groups excluding carboxylic acids is 1. The van der Waals surface area contributed by atoms with E-state index >= 15 is 0 Å². The quantitative estimate of drug-likeness (QED) is 0.549. The number of benzene rings is 1. The number of furan rings is 1. The van der Waals surface area contributed by atoms with Gasteiger partial charge in [0.2, 0.25) is 0 Å². The SMILES string of the molecule is COCc1ccccc1CNC(=O)c1cc(-c2ccco2)nc2onc(C)c12. The predicted octanol–water partition coefficient (Wildman–Crippen LogP) is 3.87. The number of rotatable bonds is 6. The molecule has 0 atom stereocenters. The van der Waals surface area contributed by atoms with Crippen molar-refractivity contribution in [3.63, 3.8) is 0 Å². The van der Waals surface area contributed by atoms with E-state index < -0.39 is 0 Å². The lowest BCUT2D eigenvalue weighted by Gasteiger charge is -2.11. The van der Waals surface area contributed by atoms with Crippen molar-refractivity contribution in [3.05, 3.63) is 71.1 Å². The Kier molecular flexibility index (Phi) is 4.90. The van der Waals surface area contributed by atoms with Crippen LogP contribution in [0.4, 0.5) is 0 Å². The second-order valence-corrected chi connectivity index (χ2v) is 6.36. The standard InChI is InChI=1S/C21H19N3O4/c1-13-19-16(10-17(18-8-5-9-27-18)23-21(19)28-24-13)20(25)22-11-14-6-3-4-7-15(14)12-26-2/h3-10H,11-12H2,1-2H3,(H,22,25). The van der Waals surface area contributed by atoms with E-state index in [1.807, 2.05) is 24.3 Å². The molecule has 3 heterocycles. The zero-order valence-electron chi connectivity index (χ0n) is 15.6. The van der Waals surface area contributed by atoms with Crippen molar-refractivity contribution < 1.29 is 18.5 Å². The molecule has 0 aliphatic rings. The average Bonchev–Trinajstić information content (AvgIpc) is 3.37. The van der Waals surface area contributed by atoms with Crippen molar-refractivity contribution in [2.45, 2.75) is 20.1 Å². The zero-order chi connectivity index (χ0) is 19.5. The van der Waals surface area contributed by atoms with Gasteiger partial charge < -0.3 is 19.0 Å². The van der Waals surface area contributed by atoms with Crippen LogP contribution in [0.25, 0.3) is 22.6 Å². The molecule has 0 saturated carbocycles. The number of hydrogen-bond acceptors (Lipinski definition) is 6. The number of pyridine rings is 1. The highest BCUT2D eigenvalue weighted by Crippen LogP contribution is 2.27. The molecule has 0 fully saturated rings. The van der Waals surface area contributed by atoms with E-state index in [1.165, 1.54) is 0 Å². The van der Waals surface area contributed by atoms with Crippen molar-refractivity contribution in [2.24, 2.45) is 0 Å². The van der Waals surface area contributed by atoms with Crippen LogP contribution in [0.2, 0.25) is 0 Å². The molecular formula is C21H19N3O4. The highest BCUT2D eigenvalue weighted by molar-refractivity contribution is 6.06. The Morgan fingerprint density at radius 3 is 2.75 bits per heavy atom. The van der Waals surface area contributed by atoms with Gasteiger partial charge in [-0.1, -0.05) is 29.4 Å². The number of amides is 1. The summed E-state index contributed by atoms with van der Waals surface area (Å²) in [4.78, 5) is 17.4. The normalized spacial score (nSPS) is 11.1. The van der Waals surface area contributed by atoms with Crippen LogP contribution >= 0.6 is 0 Å². The molecule has 0 aliphatic heterocycles. The summed E-state index contributed by atoms with van der Waals surface area (Å²) in [5, 5.41) is 7.52. The summed E-state index contributed by atoms with van der Waals surface area (Å²) in [6.45, 7) is 2.65. The number of fused-ring (bicyclic) bond motifs is 1. The maximum Gasteiger partial charge on any atom is 0.259 e. The molecule has 1 amide bonds. The summed E-state index contributed by atoms with van der Waals surface area (Å²) in [7, 11) is 1.65. The van der Waals surface area contributed by atoms with Gasteiger partial charge in [0.1, 0.15) is 5.69 Å². The molecule has 0 radical (unpaired) electrons. The van der Waals surface area contributed by atoms with Crippen LogP contribution < -0.4 is 5.32 Å². The van der Waals surface area contributed by atoms with E-state index in [0.717, 1.165) is 11.1 Å². The Hall–Kier alpha value is -3.45. The predicted molar refractivity (Wildman–Crippen MR) is 103 cm³/mol. The molecule has 142 valence electrons. The first-order valence-electron chi connectivity index (χ1n) is 8.82. The Balaban J connectivity index is 1.66. The van der Waals surface area contributed by atoms with Crippen LogP contribution in [0.5, 0.6) is 0 Å². The van der Waals surface area contributed by atoms with Gasteiger partial charge in [-0.2, -0.15) is 0 Å². The second kappa shape index (κ2) is 7.66. The summed E-state index contributed by atoms with van der Waals surface area (Å²) in [6, 6.07) is 13.1. The van der Waals surface area contributed by atoms with Gasteiger partial charge in [0.05, 0.1) is 29.5 Å². The van der Waals surface area contributed by atoms with Crippen LogP contribution in [-0.4, -0.2) is 23.2 Å². The van der Waals surface area contributed by atoms with E-state index in [9.17, 15) is 4.79 Å². The van der Waals surface area contributed by atoms with Crippen LogP contribution in [0.1, 0.15) is 27.2 Å². The van der Waals surface area contributed by atoms with Gasteiger partial charge in [-0.3, -0.25) is 4.79 Å². The fraction of sp³-hybridized carbons (Fsp3) is 0.190. The highest BCUT2D eigenvalue weighted by Gasteiger charge is 2.20. The molecule has 0 unspecified atom stereocenters. The lowest BCUT2D eigenvalue weighted by molar-refractivity contribution is 0.0952. The Labute approximate surface area is 161 Å². The molecule has 7 nitrogen and oxygen atoms in total. The van der Waals surface area contributed by atoms with Crippen LogP contribution in [-0.2, 0) is 17.9 Å². The Morgan fingerprint density at radius 2 is 2.00 bits per heavy atom. The molecule has 0 spiro atoms. The topological polar surface area (TPSA) is 90.4 Å². The number of aryl methyl sites for hydroxylation is 1. The monoisotopic (exact) mass is 377 g/mol. The fourth-order valence-corrected chi connectivity index (χ4v) is 3.12. The smallest absolute Gasteiger partial charge is 0.259 e. The van der Waals surface area contributed by atoms with Crippen molar-refractivity contribution in [1.29, 1.82) is 0 Å². The van der Waals surface area contributed by atoms with E-state index in [4.69, 9.17) is 13.7 Å². The third-order valence-corrected chi connectivity index (χ3v) is 4.49. The molecular weight excluding hydrogens is 358 g/mol. The van der Waals surface area contributed by atoms with Crippen molar-refractivity contribution in [2.75, 3.05) is 7.11 Å². The van der Waals surface area contributed by atoms with Gasteiger partial charge in [-0.15, -0.1) is 0 Å². The van der Waals surface area contributed by atoms with Gasteiger partial charge in [0.15, 0.2) is 5.76 Å². The molecule has 1 aromatic carbocycles. The lowest BCUT2D eigenvalue weighted by atomic mass is 10.1. The first kappa shape index (κ1) is 17.9. The lowest BCUT2D eigenvalue weighted by Crippen LogP contribution is -2.24. The second-order valence-electron chi connectivity index (χ2n) is 6.36. The van der Waals surface area contributed by atoms with Gasteiger partial charge in [-0.05, 0) is 36.2 Å². The molecule has 28 heavy (non-hydrogen) atoms. The summed E-state index contributed by atoms with van der Waals surface area (Å²) in [5.41, 5.74) is 3.90. The molecule has 1 N–H and O–H groups in total. The summed E-state index contributed by atoms with van der Waals surface area (Å²) >= 11 is 0. The van der Waals surface area contributed by atoms with Crippen LogP contribution in [0.15, 0.2) is 57.7 Å². The number of methoxy groups -OCH3 is 1. The Morgan fingerprint density at radius 1 is 1.18 bits per heavy atom. The highest BCUT2D eigenvalue weighted by atomic mass is 16.5. The molecule has 0 saturated heterocycles. The molecule has 7 heteroatoms. The first-order chi connectivity index (χ1) is 13.7. The first-order valence-corrected chi connectivity index (χ1v) is 8.82. The van der Waals surface area contributed by atoms with Crippen molar-refractivity contribution >= 4 is 17.0 Å². The van der Waals surface area contributed by atoms with Gasteiger partial charge in [0.25, 0.3) is 11.6 Å². The largest absolute Gasteiger partial charge is 0.463 e. The number of nitrogens with one attached hydrogen (secondary N) is 1. The number of hydrogen-bond donors (Lipinski definition) is 1. The van der Waals surface area contributed by atoms with Crippen LogP contribution in [0, 0.1) is 6.92 Å². The van der Waals surface area contributed by atoms with E-state index in [0.29, 0.717) is 47.0 Å². The maximum atomic E-state index is 13.0. The van der Waals surface area contributed by atoms with Crippen molar-refractivity contribution in [3.8, 4) is 11.5 Å². The minimum absolute atomic E-state index is 0.237. The average molecular weight is 377 g/mol. The van der Waals surface area contributed by atoms with E-state index in [-0.39, 0.29) is 5.91 Å². The maximum absolute atomic E-state index is 13.0. The van der Waals surface area contributed by atoms with Crippen LogP contribution in [0.3, 0.4) is 0 Å². The molecule has 3 aromatic heterocycles. The van der Waals surface area contributed by atoms with Gasteiger partial charge >= 0.3 is 0 Å². The number of aromatic nitrogens is 2. The number of ether oxygens (including phenoxy) is 1. The zero-order valence-corrected chi connectivity index (χ0v) is 15.6. The molecule has 4 rings (SSSR count). The summed E-state index contributed by atoms with van der Waals surface area (Å²) in [6.07, 6.45) is 1.55. The number of nitrogens with zero attached hydrogens (tertiary/aromatic N) is 2. The van der Waals surface area contributed by atoms with Crippen molar-refractivity contribution in [1.82, 2.24) is 15.5 Å².